The van der Waals surface area contributed by atoms with Gasteiger partial charge in [0.1, 0.15) is 4.90 Å². The van der Waals surface area contributed by atoms with Crippen LogP contribution in [0.3, 0.4) is 0 Å². The topological polar surface area (TPSA) is 84.6 Å². The molecule has 2 rings (SSSR count). The van der Waals surface area contributed by atoms with Gasteiger partial charge in [0.25, 0.3) is 0 Å². The summed E-state index contributed by atoms with van der Waals surface area (Å²) >= 11 is 0. The van der Waals surface area contributed by atoms with E-state index < -0.39 is 10.0 Å². The lowest BCUT2D eigenvalue weighted by molar-refractivity contribution is 0.248. The maximum atomic E-state index is 12.4. The van der Waals surface area contributed by atoms with Crippen molar-refractivity contribution in [2.24, 2.45) is 12.0 Å². The number of hydrogen-bond donors (Lipinski definition) is 0. The molecule has 0 bridgehead atoms. The van der Waals surface area contributed by atoms with Gasteiger partial charge in [-0.25, -0.2) is 18.2 Å². The van der Waals surface area contributed by atoms with Crippen LogP contribution in [0.25, 0.3) is 0 Å². The summed E-state index contributed by atoms with van der Waals surface area (Å²) in [5.74, 6) is 0. The van der Waals surface area contributed by atoms with Gasteiger partial charge in [-0.1, -0.05) is 0 Å². The fourth-order valence-corrected chi connectivity index (χ4v) is 3.98. The van der Waals surface area contributed by atoms with Gasteiger partial charge < -0.3 is 0 Å². The number of nitrogens with zero attached hydrogens (tertiary/aromatic N) is 4. The SMILES string of the molecule is CC1CC(N=C=O)CCN1S(=O)(=O)c1cnn(C)c1. The van der Waals surface area contributed by atoms with E-state index in [-0.39, 0.29) is 17.0 Å². The molecule has 8 heteroatoms. The summed E-state index contributed by atoms with van der Waals surface area (Å²) in [6.07, 6.45) is 5.45. The number of rotatable bonds is 3. The molecule has 1 aliphatic heterocycles. The molecule has 1 aromatic rings. The Morgan fingerprint density at radius 3 is 2.79 bits per heavy atom. The van der Waals surface area contributed by atoms with Gasteiger partial charge in [0.2, 0.25) is 16.1 Å². The first kappa shape index (κ1) is 13.9. The van der Waals surface area contributed by atoms with Crippen LogP contribution in [0.2, 0.25) is 0 Å². The lowest BCUT2D eigenvalue weighted by Gasteiger charge is -2.34. The molecular formula is C11H16N4O3S. The number of piperidine rings is 1. The molecule has 2 atom stereocenters. The van der Waals surface area contributed by atoms with Crippen LogP contribution < -0.4 is 0 Å². The van der Waals surface area contributed by atoms with Gasteiger partial charge in [-0.05, 0) is 19.8 Å². The smallest absolute Gasteiger partial charge is 0.246 e. The molecular weight excluding hydrogens is 268 g/mol. The van der Waals surface area contributed by atoms with E-state index in [0.717, 1.165) is 0 Å². The van der Waals surface area contributed by atoms with Crippen LogP contribution in [0.1, 0.15) is 19.8 Å². The molecule has 0 saturated carbocycles. The minimum Gasteiger partial charge on any atom is -0.274 e. The Morgan fingerprint density at radius 1 is 1.53 bits per heavy atom. The molecule has 0 aliphatic carbocycles. The minimum absolute atomic E-state index is 0.132. The van der Waals surface area contributed by atoms with Gasteiger partial charge in [0, 0.05) is 25.8 Å². The van der Waals surface area contributed by atoms with Gasteiger partial charge in [-0.2, -0.15) is 9.40 Å². The zero-order chi connectivity index (χ0) is 14.0. The van der Waals surface area contributed by atoms with Crippen LogP contribution in [0.15, 0.2) is 22.3 Å². The zero-order valence-electron chi connectivity index (χ0n) is 10.9. The van der Waals surface area contributed by atoms with Crippen molar-refractivity contribution in [3.05, 3.63) is 12.4 Å². The second kappa shape index (κ2) is 5.24. The molecule has 1 fully saturated rings. The number of isocyanates is 1. The van der Waals surface area contributed by atoms with E-state index in [9.17, 15) is 13.2 Å². The van der Waals surface area contributed by atoms with E-state index in [1.807, 2.05) is 6.92 Å². The third kappa shape index (κ3) is 2.75. The highest BCUT2D eigenvalue weighted by molar-refractivity contribution is 7.89. The predicted octanol–water partition coefficient (Wildman–Crippen LogP) is 0.297. The summed E-state index contributed by atoms with van der Waals surface area (Å²) in [6, 6.07) is -0.325. The molecule has 1 aromatic heterocycles. The summed E-state index contributed by atoms with van der Waals surface area (Å²) in [5.41, 5.74) is 0. The molecule has 0 N–H and O–H groups in total. The Bertz CT molecular complexity index is 603. The standard InChI is InChI=1S/C11H16N4O3S/c1-9-5-10(12-8-16)3-4-15(9)19(17,18)11-6-13-14(2)7-11/h6-7,9-10H,3-5H2,1-2H3. The zero-order valence-corrected chi connectivity index (χ0v) is 11.7. The molecule has 7 nitrogen and oxygen atoms in total. The molecule has 0 aromatic carbocycles. The van der Waals surface area contributed by atoms with Crippen molar-refractivity contribution >= 4 is 16.1 Å². The van der Waals surface area contributed by atoms with Crippen molar-refractivity contribution < 1.29 is 13.2 Å². The third-order valence-electron chi connectivity index (χ3n) is 3.31. The monoisotopic (exact) mass is 284 g/mol. The van der Waals surface area contributed by atoms with Crippen molar-refractivity contribution in [3.63, 3.8) is 0 Å². The molecule has 0 spiro atoms. The number of sulfonamides is 1. The Hall–Kier alpha value is -1.50. The number of aliphatic imine (C=N–C) groups is 1. The highest BCUT2D eigenvalue weighted by Crippen LogP contribution is 2.26. The Morgan fingerprint density at radius 2 is 2.26 bits per heavy atom. The number of aromatic nitrogens is 2. The van der Waals surface area contributed by atoms with Crippen LogP contribution in [-0.2, 0) is 21.9 Å². The second-order valence-electron chi connectivity index (χ2n) is 4.71. The third-order valence-corrected chi connectivity index (χ3v) is 5.28. The van der Waals surface area contributed by atoms with E-state index in [0.29, 0.717) is 19.4 Å². The molecule has 19 heavy (non-hydrogen) atoms. The normalized spacial score (nSPS) is 24.9. The maximum Gasteiger partial charge on any atom is 0.246 e. The van der Waals surface area contributed by atoms with Gasteiger partial charge >= 0.3 is 0 Å². The fraction of sp³-hybridized carbons (Fsp3) is 0.636. The van der Waals surface area contributed by atoms with Crippen molar-refractivity contribution in [1.82, 2.24) is 14.1 Å². The van der Waals surface area contributed by atoms with Gasteiger partial charge in [-0.3, -0.25) is 4.68 Å². The Kier molecular flexibility index (Phi) is 3.84. The maximum absolute atomic E-state index is 12.4. The largest absolute Gasteiger partial charge is 0.274 e. The second-order valence-corrected chi connectivity index (χ2v) is 6.60. The lowest BCUT2D eigenvalue weighted by Crippen LogP contribution is -2.45. The van der Waals surface area contributed by atoms with E-state index in [1.54, 1.807) is 13.1 Å². The Labute approximate surface area is 112 Å². The summed E-state index contributed by atoms with van der Waals surface area (Å²) < 4.78 is 27.8. The van der Waals surface area contributed by atoms with Gasteiger partial charge in [0.05, 0.1) is 12.2 Å². The number of carbonyl (C=O) groups excluding carboxylic acids is 1. The first-order valence-corrected chi connectivity index (χ1v) is 7.46. The van der Waals surface area contributed by atoms with Crippen LogP contribution in [0, 0.1) is 0 Å². The summed E-state index contributed by atoms with van der Waals surface area (Å²) in [5, 5.41) is 3.89. The van der Waals surface area contributed by atoms with E-state index in [4.69, 9.17) is 0 Å². The van der Waals surface area contributed by atoms with Crippen LogP contribution in [0.5, 0.6) is 0 Å². The fourth-order valence-electron chi connectivity index (χ4n) is 2.34. The number of hydrogen-bond acceptors (Lipinski definition) is 5. The lowest BCUT2D eigenvalue weighted by atomic mass is 10.0. The molecule has 0 amide bonds. The first-order valence-electron chi connectivity index (χ1n) is 6.02. The average Bonchev–Trinajstić information content (AvgIpc) is 2.77. The highest BCUT2D eigenvalue weighted by atomic mass is 32.2. The van der Waals surface area contributed by atoms with E-state index in [2.05, 4.69) is 10.1 Å². The molecule has 0 radical (unpaired) electrons. The molecule has 1 saturated heterocycles. The average molecular weight is 284 g/mol. The van der Waals surface area contributed by atoms with Crippen molar-refractivity contribution in [2.45, 2.75) is 36.7 Å². The van der Waals surface area contributed by atoms with Crippen molar-refractivity contribution in [2.75, 3.05) is 6.54 Å². The predicted molar refractivity (Wildman–Crippen MR) is 67.7 cm³/mol. The molecule has 2 heterocycles. The first-order chi connectivity index (χ1) is 8.95. The van der Waals surface area contributed by atoms with Crippen LogP contribution >= 0.6 is 0 Å². The molecule has 1 aliphatic rings. The van der Waals surface area contributed by atoms with Crippen molar-refractivity contribution in [1.29, 1.82) is 0 Å². The summed E-state index contributed by atoms with van der Waals surface area (Å²) in [4.78, 5) is 14.1. The quantitative estimate of drug-likeness (QED) is 0.590. The van der Waals surface area contributed by atoms with Crippen LogP contribution in [0.4, 0.5) is 0 Å². The Balaban J connectivity index is 2.21. The van der Waals surface area contributed by atoms with Crippen LogP contribution in [-0.4, -0.2) is 47.2 Å². The van der Waals surface area contributed by atoms with Gasteiger partial charge in [-0.15, -0.1) is 0 Å². The number of aryl methyl sites for hydroxylation is 1. The van der Waals surface area contributed by atoms with Gasteiger partial charge in [0.15, 0.2) is 0 Å². The van der Waals surface area contributed by atoms with E-state index in [1.165, 1.54) is 21.4 Å². The molecule has 104 valence electrons. The minimum atomic E-state index is -3.52. The summed E-state index contributed by atoms with van der Waals surface area (Å²) in [6.45, 7) is 2.18. The molecule has 2 unspecified atom stereocenters. The van der Waals surface area contributed by atoms with Crippen molar-refractivity contribution in [3.8, 4) is 0 Å². The highest BCUT2D eigenvalue weighted by Gasteiger charge is 2.35. The summed E-state index contributed by atoms with van der Waals surface area (Å²) in [7, 11) is -1.84. The van der Waals surface area contributed by atoms with E-state index >= 15 is 0 Å².